The first kappa shape index (κ1) is 15.7. The van der Waals surface area contributed by atoms with Gasteiger partial charge in [0, 0.05) is 6.54 Å². The third kappa shape index (κ3) is 2.99. The number of β-amino-alcohol motifs (C(OH)–C–C–N with tert-alkyl or cyclic N) is 1. The summed E-state index contributed by atoms with van der Waals surface area (Å²) in [7, 11) is 1.61. The van der Waals surface area contributed by atoms with Crippen LogP contribution in [0.3, 0.4) is 0 Å². The number of anilines is 1. The summed E-state index contributed by atoms with van der Waals surface area (Å²) in [6.45, 7) is 2.20. The highest BCUT2D eigenvalue weighted by Crippen LogP contribution is 2.37. The molecule has 3 rings (SSSR count). The van der Waals surface area contributed by atoms with E-state index in [9.17, 15) is 9.50 Å². The van der Waals surface area contributed by atoms with Crippen molar-refractivity contribution in [1.82, 2.24) is 9.97 Å². The maximum Gasteiger partial charge on any atom is 0.187 e. The summed E-state index contributed by atoms with van der Waals surface area (Å²) in [4.78, 5) is 9.91. The average molecular weight is 317 g/mol. The standard InChI is InChI=1S/C17H20FN3O2/c1-3-14-16(18)17(20-10-19-14)21-9-12(22)8-15(21)11-5-4-6-13(7-11)23-2/h4-7,10,12,15,22H,3,8-9H2,1-2H3/t12-,15+/m1/s1. The fourth-order valence-electron chi connectivity index (χ4n) is 3.06. The van der Waals surface area contributed by atoms with Crippen molar-refractivity contribution in [2.24, 2.45) is 0 Å². The summed E-state index contributed by atoms with van der Waals surface area (Å²) < 4.78 is 19.9. The van der Waals surface area contributed by atoms with E-state index in [0.717, 1.165) is 11.3 Å². The van der Waals surface area contributed by atoms with Crippen LogP contribution in [0.4, 0.5) is 10.2 Å². The molecule has 0 amide bonds. The second kappa shape index (κ2) is 6.50. The molecule has 2 aromatic rings. The van der Waals surface area contributed by atoms with Gasteiger partial charge in [-0.2, -0.15) is 0 Å². The number of aliphatic hydroxyl groups excluding tert-OH is 1. The van der Waals surface area contributed by atoms with Crippen molar-refractivity contribution >= 4 is 5.82 Å². The summed E-state index contributed by atoms with van der Waals surface area (Å²) in [6, 6.07) is 7.48. The quantitative estimate of drug-likeness (QED) is 0.939. The molecular formula is C17H20FN3O2. The highest BCUT2D eigenvalue weighted by Gasteiger charge is 2.35. The first-order valence-electron chi connectivity index (χ1n) is 7.72. The maximum absolute atomic E-state index is 14.6. The number of aliphatic hydroxyl groups is 1. The smallest absolute Gasteiger partial charge is 0.187 e. The van der Waals surface area contributed by atoms with Gasteiger partial charge in [-0.05, 0) is 30.5 Å². The largest absolute Gasteiger partial charge is 0.497 e. The monoisotopic (exact) mass is 317 g/mol. The van der Waals surface area contributed by atoms with Crippen molar-refractivity contribution < 1.29 is 14.2 Å². The second-order valence-corrected chi connectivity index (χ2v) is 5.65. The van der Waals surface area contributed by atoms with E-state index in [1.807, 2.05) is 36.1 Å². The minimum Gasteiger partial charge on any atom is -0.497 e. The molecule has 0 bridgehead atoms. The molecule has 6 heteroatoms. The zero-order valence-corrected chi connectivity index (χ0v) is 13.2. The van der Waals surface area contributed by atoms with Gasteiger partial charge in [0.15, 0.2) is 11.6 Å². The molecule has 0 radical (unpaired) electrons. The number of aromatic nitrogens is 2. The minimum absolute atomic E-state index is 0.144. The Morgan fingerprint density at radius 2 is 2.22 bits per heavy atom. The molecule has 0 unspecified atom stereocenters. The lowest BCUT2D eigenvalue weighted by molar-refractivity contribution is 0.194. The minimum atomic E-state index is -0.523. The van der Waals surface area contributed by atoms with Crippen LogP contribution in [0.25, 0.3) is 0 Å². The van der Waals surface area contributed by atoms with Gasteiger partial charge < -0.3 is 14.7 Å². The van der Waals surface area contributed by atoms with Crippen molar-refractivity contribution in [3.8, 4) is 5.75 Å². The van der Waals surface area contributed by atoms with E-state index in [-0.39, 0.29) is 11.9 Å². The molecule has 1 aliphatic rings. The lowest BCUT2D eigenvalue weighted by Crippen LogP contribution is -2.27. The Kier molecular flexibility index (Phi) is 4.43. The Labute approximate surface area is 134 Å². The van der Waals surface area contributed by atoms with Crippen LogP contribution in [0.2, 0.25) is 0 Å². The highest BCUT2D eigenvalue weighted by atomic mass is 19.1. The highest BCUT2D eigenvalue weighted by molar-refractivity contribution is 5.47. The first-order valence-corrected chi connectivity index (χ1v) is 7.72. The van der Waals surface area contributed by atoms with Crippen molar-refractivity contribution in [3.63, 3.8) is 0 Å². The van der Waals surface area contributed by atoms with Gasteiger partial charge in [0.25, 0.3) is 0 Å². The third-order valence-electron chi connectivity index (χ3n) is 4.21. The van der Waals surface area contributed by atoms with Crippen LogP contribution < -0.4 is 9.64 Å². The Morgan fingerprint density at radius 1 is 1.39 bits per heavy atom. The first-order chi connectivity index (χ1) is 11.1. The van der Waals surface area contributed by atoms with Gasteiger partial charge in [-0.15, -0.1) is 0 Å². The summed E-state index contributed by atoms with van der Waals surface area (Å²) in [5, 5.41) is 10.1. The van der Waals surface area contributed by atoms with Crippen LogP contribution in [0.1, 0.15) is 30.6 Å². The number of hydrogen-bond acceptors (Lipinski definition) is 5. The average Bonchev–Trinajstić information content (AvgIpc) is 2.97. The van der Waals surface area contributed by atoms with Crippen LogP contribution in [0, 0.1) is 5.82 Å². The summed E-state index contributed by atoms with van der Waals surface area (Å²) in [5.74, 6) is 0.583. The molecule has 1 fully saturated rings. The SMILES string of the molecule is CCc1ncnc(N2C[C@H](O)C[C@H]2c2cccc(OC)c2)c1F. The van der Waals surface area contributed by atoms with E-state index in [1.54, 1.807) is 7.11 Å². The van der Waals surface area contributed by atoms with Crippen molar-refractivity contribution in [2.75, 3.05) is 18.6 Å². The van der Waals surface area contributed by atoms with Gasteiger partial charge in [-0.1, -0.05) is 19.1 Å². The fourth-order valence-corrected chi connectivity index (χ4v) is 3.06. The molecule has 0 saturated carbocycles. The normalized spacial score (nSPS) is 20.8. The van der Waals surface area contributed by atoms with Crippen molar-refractivity contribution in [3.05, 3.63) is 47.7 Å². The number of ether oxygens (including phenoxy) is 1. The summed E-state index contributed by atoms with van der Waals surface area (Å²) in [6.07, 6.45) is 1.88. The van der Waals surface area contributed by atoms with Gasteiger partial charge in [-0.3, -0.25) is 0 Å². The zero-order chi connectivity index (χ0) is 16.4. The molecule has 1 aliphatic heterocycles. The van der Waals surface area contributed by atoms with Gasteiger partial charge in [0.05, 0.1) is 24.9 Å². The lowest BCUT2D eigenvalue weighted by Gasteiger charge is -2.26. The van der Waals surface area contributed by atoms with Crippen LogP contribution in [-0.4, -0.2) is 34.8 Å². The van der Waals surface area contributed by atoms with E-state index in [2.05, 4.69) is 9.97 Å². The van der Waals surface area contributed by atoms with Gasteiger partial charge in [-0.25, -0.2) is 14.4 Å². The predicted molar refractivity (Wildman–Crippen MR) is 85.1 cm³/mol. The fraction of sp³-hybridized carbons (Fsp3) is 0.412. The molecule has 0 aliphatic carbocycles. The molecule has 1 N–H and O–H groups in total. The van der Waals surface area contributed by atoms with Crippen molar-refractivity contribution in [1.29, 1.82) is 0 Å². The number of aryl methyl sites for hydroxylation is 1. The predicted octanol–water partition coefficient (Wildman–Crippen LogP) is 2.50. The van der Waals surface area contributed by atoms with Gasteiger partial charge in [0.1, 0.15) is 12.1 Å². The van der Waals surface area contributed by atoms with Crippen LogP contribution in [0.5, 0.6) is 5.75 Å². The molecule has 5 nitrogen and oxygen atoms in total. The van der Waals surface area contributed by atoms with Crippen molar-refractivity contribution in [2.45, 2.75) is 31.9 Å². The second-order valence-electron chi connectivity index (χ2n) is 5.65. The molecule has 1 aromatic heterocycles. The van der Waals surface area contributed by atoms with Gasteiger partial charge in [0.2, 0.25) is 0 Å². The number of methoxy groups -OCH3 is 1. The zero-order valence-electron chi connectivity index (χ0n) is 13.2. The number of halogens is 1. The van der Waals surface area contributed by atoms with Crippen LogP contribution in [-0.2, 0) is 6.42 Å². The maximum atomic E-state index is 14.6. The topological polar surface area (TPSA) is 58.5 Å². The van der Waals surface area contributed by atoms with E-state index in [4.69, 9.17) is 4.74 Å². The number of rotatable bonds is 4. The Morgan fingerprint density at radius 3 is 2.96 bits per heavy atom. The number of benzene rings is 1. The molecule has 122 valence electrons. The van der Waals surface area contributed by atoms with E-state index in [0.29, 0.717) is 25.1 Å². The number of hydrogen-bond donors (Lipinski definition) is 1. The van der Waals surface area contributed by atoms with Crippen LogP contribution >= 0.6 is 0 Å². The van der Waals surface area contributed by atoms with E-state index < -0.39 is 11.9 Å². The molecule has 2 atom stereocenters. The number of nitrogens with zero attached hydrogens (tertiary/aromatic N) is 3. The van der Waals surface area contributed by atoms with Gasteiger partial charge >= 0.3 is 0 Å². The molecule has 0 spiro atoms. The molecule has 1 saturated heterocycles. The Balaban J connectivity index is 2.00. The molecular weight excluding hydrogens is 297 g/mol. The molecule has 2 heterocycles. The Hall–Kier alpha value is -2.21. The summed E-state index contributed by atoms with van der Waals surface area (Å²) >= 11 is 0. The Bertz CT molecular complexity index is 695. The lowest BCUT2D eigenvalue weighted by atomic mass is 10.0. The third-order valence-corrected chi connectivity index (χ3v) is 4.21. The van der Waals surface area contributed by atoms with E-state index >= 15 is 0 Å². The molecule has 1 aromatic carbocycles. The van der Waals surface area contributed by atoms with Crippen LogP contribution in [0.15, 0.2) is 30.6 Å². The molecule has 23 heavy (non-hydrogen) atoms. The van der Waals surface area contributed by atoms with E-state index in [1.165, 1.54) is 6.33 Å². The summed E-state index contributed by atoms with van der Waals surface area (Å²) in [5.41, 5.74) is 1.36.